The quantitative estimate of drug-likeness (QED) is 0.365. The Kier molecular flexibility index (Phi) is 5.13. The van der Waals surface area contributed by atoms with Gasteiger partial charge in [0.15, 0.2) is 0 Å². The van der Waals surface area contributed by atoms with Gasteiger partial charge in [-0.1, -0.05) is 0 Å². The average Bonchev–Trinajstić information content (AvgIpc) is 2.60. The topological polar surface area (TPSA) is 19.4 Å². The van der Waals surface area contributed by atoms with Gasteiger partial charge in [0, 0.05) is 0 Å². The van der Waals surface area contributed by atoms with E-state index in [-0.39, 0.29) is 11.1 Å². The molecule has 6 nitrogen and oxygen atoms in total. The van der Waals surface area contributed by atoms with Crippen molar-refractivity contribution in [2.75, 3.05) is 14.1 Å². The summed E-state index contributed by atoms with van der Waals surface area (Å²) in [5.41, 5.74) is 0.133. The second-order valence-electron chi connectivity index (χ2n) is 7.45. The maximum atomic E-state index is 7.06. The Bertz CT molecular complexity index is 435. The van der Waals surface area contributed by atoms with E-state index in [1.54, 1.807) is 0 Å². The van der Waals surface area contributed by atoms with Crippen molar-refractivity contribution in [3.63, 3.8) is 0 Å². The zero-order valence-corrected chi connectivity index (χ0v) is 21.3. The summed E-state index contributed by atoms with van der Waals surface area (Å²) in [4.78, 5) is 0. The third-order valence-corrected chi connectivity index (χ3v) is 27.8. The summed E-state index contributed by atoms with van der Waals surface area (Å²) in [5, 5.41) is 0. The fourth-order valence-corrected chi connectivity index (χ4v) is 32.4. The number of fused-ring (bicyclic) bond motifs is 6. The summed E-state index contributed by atoms with van der Waals surface area (Å²) in [5.74, 6) is 0. The molecule has 6 atom stereocenters. The standard InChI is InChI=1S/C10H24As2Cl2N6P2/c1-9(2,3)17-11(13)19-15(7)21(17)20-12(14)18(10(4,5)6)22(19)16(20)8/h1-8H3. The Morgan fingerprint density at radius 3 is 1.18 bits per heavy atom. The van der Waals surface area contributed by atoms with Crippen molar-refractivity contribution >= 4 is 65.0 Å². The molecule has 3 aliphatic rings. The van der Waals surface area contributed by atoms with Gasteiger partial charge in [-0.15, -0.1) is 0 Å². The zero-order chi connectivity index (χ0) is 16.8. The Labute approximate surface area is 155 Å². The molecule has 3 rings (SSSR count). The predicted octanol–water partition coefficient (Wildman–Crippen LogP) is 3.43. The van der Waals surface area contributed by atoms with Crippen molar-refractivity contribution in [2.45, 2.75) is 52.6 Å². The molecule has 0 aromatic carbocycles. The van der Waals surface area contributed by atoms with Crippen molar-refractivity contribution in [1.82, 2.24) is 24.1 Å². The van der Waals surface area contributed by atoms with Crippen LogP contribution in [0, 0.1) is 0 Å². The van der Waals surface area contributed by atoms with E-state index in [9.17, 15) is 0 Å². The van der Waals surface area contributed by atoms with Crippen LogP contribution in [0.2, 0.25) is 0 Å². The Hall–Kier alpha value is 2.32. The van der Waals surface area contributed by atoms with E-state index in [1.807, 2.05) is 0 Å². The first kappa shape index (κ1) is 19.1. The van der Waals surface area contributed by atoms with Gasteiger partial charge in [-0.2, -0.15) is 0 Å². The van der Waals surface area contributed by atoms with E-state index in [1.165, 1.54) is 0 Å². The third kappa shape index (κ3) is 2.61. The van der Waals surface area contributed by atoms with E-state index < -0.39 is 45.1 Å². The van der Waals surface area contributed by atoms with Crippen LogP contribution in [0.4, 0.5) is 0 Å². The molecule has 0 aromatic heterocycles. The molecule has 128 valence electrons. The van der Waals surface area contributed by atoms with Gasteiger partial charge in [-0.05, 0) is 0 Å². The fraction of sp³-hybridized carbons (Fsp3) is 1.00. The van der Waals surface area contributed by atoms with Crippen molar-refractivity contribution in [3.8, 4) is 0 Å². The molecule has 3 fully saturated rings. The van der Waals surface area contributed by atoms with E-state index in [0.717, 1.165) is 0 Å². The summed E-state index contributed by atoms with van der Waals surface area (Å²) in [7, 11) is 17.3. The monoisotopic (exact) mass is 510 g/mol. The number of hydrazine groups is 2. The molecule has 0 aromatic rings. The van der Waals surface area contributed by atoms with Gasteiger partial charge in [0.2, 0.25) is 0 Å². The molecule has 3 heterocycles. The predicted molar refractivity (Wildman–Crippen MR) is 99.4 cm³/mol. The minimum absolute atomic E-state index is 0.0664. The van der Waals surface area contributed by atoms with Crippen LogP contribution in [0.3, 0.4) is 0 Å². The molecule has 0 spiro atoms. The molecule has 0 aliphatic carbocycles. The molecule has 0 radical (unpaired) electrons. The van der Waals surface area contributed by atoms with Crippen LogP contribution in [0.15, 0.2) is 0 Å². The Morgan fingerprint density at radius 2 is 0.955 bits per heavy atom. The van der Waals surface area contributed by atoms with Crippen LogP contribution in [0.1, 0.15) is 41.5 Å². The summed E-state index contributed by atoms with van der Waals surface area (Å²) in [6, 6.07) is 0. The average molecular weight is 511 g/mol. The van der Waals surface area contributed by atoms with Gasteiger partial charge < -0.3 is 0 Å². The summed E-state index contributed by atoms with van der Waals surface area (Å²) in [6.45, 7) is 13.6. The number of hydrogen-bond acceptors (Lipinski definition) is 6. The van der Waals surface area contributed by atoms with Crippen LogP contribution in [-0.4, -0.2) is 77.6 Å². The van der Waals surface area contributed by atoms with Crippen LogP contribution in [0.5, 0.6) is 0 Å². The summed E-state index contributed by atoms with van der Waals surface area (Å²) in [6.07, 6.45) is 0. The van der Waals surface area contributed by atoms with Crippen molar-refractivity contribution in [1.29, 1.82) is 0 Å². The molecule has 0 saturated carbocycles. The van der Waals surface area contributed by atoms with Crippen molar-refractivity contribution < 1.29 is 0 Å². The van der Waals surface area contributed by atoms with Crippen LogP contribution < -0.4 is 0 Å². The molecule has 6 unspecified atom stereocenters. The van der Waals surface area contributed by atoms with E-state index in [2.05, 4.69) is 79.8 Å². The van der Waals surface area contributed by atoms with Crippen molar-refractivity contribution in [3.05, 3.63) is 0 Å². The molecule has 0 amide bonds. The van der Waals surface area contributed by atoms with Gasteiger partial charge in [0.25, 0.3) is 0 Å². The number of hydrogen-bond donors (Lipinski definition) is 0. The van der Waals surface area contributed by atoms with Gasteiger partial charge in [0.1, 0.15) is 0 Å². The summed E-state index contributed by atoms with van der Waals surface area (Å²) >= 11 is -3.59. The van der Waals surface area contributed by atoms with Gasteiger partial charge in [-0.3, -0.25) is 0 Å². The van der Waals surface area contributed by atoms with Crippen LogP contribution >= 0.6 is 36.6 Å². The van der Waals surface area contributed by atoms with E-state index in [0.29, 0.717) is 0 Å². The fourth-order valence-electron chi connectivity index (χ4n) is 2.66. The Morgan fingerprint density at radius 1 is 0.682 bits per heavy atom. The number of nitrogens with zero attached hydrogens (tertiary/aromatic N) is 6. The maximum absolute atomic E-state index is 7.06. The normalized spacial score (nSPS) is 45.0. The second-order valence-corrected chi connectivity index (χ2v) is 22.4. The minimum atomic E-state index is -1.80. The molecule has 12 heteroatoms. The second kappa shape index (κ2) is 5.91. The van der Waals surface area contributed by atoms with Crippen molar-refractivity contribution in [2.24, 2.45) is 0 Å². The van der Waals surface area contributed by atoms with Gasteiger partial charge in [0.05, 0.1) is 0 Å². The SMILES string of the molecule is CN1N2P3N(C)N(P1N(C(C)(C)C)[As]2Cl)[As](Cl)N3C(C)(C)C. The molecule has 3 saturated heterocycles. The summed E-state index contributed by atoms with van der Waals surface area (Å²) < 4.78 is 15.0. The van der Waals surface area contributed by atoms with E-state index >= 15 is 0 Å². The Balaban J connectivity index is 2.09. The molecule has 0 N–H and O–H groups in total. The van der Waals surface area contributed by atoms with Crippen LogP contribution in [0.25, 0.3) is 0 Å². The molecular formula is C10H24As2Cl2N6P2. The third-order valence-electron chi connectivity index (χ3n) is 3.50. The first-order valence-corrected chi connectivity index (χ1v) is 17.8. The number of halogens is 2. The van der Waals surface area contributed by atoms with Crippen LogP contribution in [-0.2, 0) is 0 Å². The molecule has 3 aliphatic heterocycles. The first-order valence-electron chi connectivity index (χ1n) is 7.08. The number of rotatable bonds is 0. The molecular weight excluding hydrogens is 487 g/mol. The first-order chi connectivity index (χ1) is 9.89. The zero-order valence-electron chi connectivity index (χ0n) is 14.2. The molecule has 22 heavy (non-hydrogen) atoms. The molecule has 4 bridgehead atoms. The van der Waals surface area contributed by atoms with Gasteiger partial charge >= 0.3 is 156 Å². The van der Waals surface area contributed by atoms with Gasteiger partial charge in [-0.25, -0.2) is 0 Å². The van der Waals surface area contributed by atoms with E-state index in [4.69, 9.17) is 19.9 Å².